The monoisotopic (exact) mass is 293 g/mol. The van der Waals surface area contributed by atoms with Crippen molar-refractivity contribution < 1.29 is 9.47 Å². The number of nitrogens with zero attached hydrogens (tertiary/aromatic N) is 2. The lowest BCUT2D eigenvalue weighted by Crippen LogP contribution is -2.44. The fourth-order valence-corrected chi connectivity index (χ4v) is 2.53. The van der Waals surface area contributed by atoms with Crippen LogP contribution in [0.15, 0.2) is 12.1 Å². The summed E-state index contributed by atoms with van der Waals surface area (Å²) in [5.41, 5.74) is 7.82. The first-order chi connectivity index (χ1) is 10.1. The second-order valence-corrected chi connectivity index (χ2v) is 5.78. The first-order valence-electron chi connectivity index (χ1n) is 7.77. The van der Waals surface area contributed by atoms with Gasteiger partial charge in [0.25, 0.3) is 0 Å². The van der Waals surface area contributed by atoms with E-state index in [0.717, 1.165) is 49.8 Å². The largest absolute Gasteiger partial charge is 0.489 e. The Labute approximate surface area is 127 Å². The third-order valence-electron chi connectivity index (χ3n) is 3.68. The zero-order valence-corrected chi connectivity index (χ0v) is 13.3. The van der Waals surface area contributed by atoms with Gasteiger partial charge in [0.2, 0.25) is 0 Å². The highest BCUT2D eigenvalue weighted by Gasteiger charge is 2.20. The summed E-state index contributed by atoms with van der Waals surface area (Å²) in [4.78, 5) is 6.93. The summed E-state index contributed by atoms with van der Waals surface area (Å²) < 4.78 is 11.7. The van der Waals surface area contributed by atoms with Crippen molar-refractivity contribution in [3.63, 3.8) is 0 Å². The maximum atomic E-state index is 5.96. The standard InChI is InChI=1S/C16H27N3O2/c1-4-19-7-8-20-14(10-19)11-21-16-6-5-13(3)18-15(16)9-12(2)17/h5-6,12,14H,4,7-11,17H2,1-3H3. The number of rotatable bonds is 6. The van der Waals surface area contributed by atoms with Crippen LogP contribution in [0.3, 0.4) is 0 Å². The van der Waals surface area contributed by atoms with Gasteiger partial charge >= 0.3 is 0 Å². The van der Waals surface area contributed by atoms with Crippen molar-refractivity contribution in [3.05, 3.63) is 23.5 Å². The summed E-state index contributed by atoms with van der Waals surface area (Å²) in [5, 5.41) is 0. The molecule has 2 N–H and O–H groups in total. The Morgan fingerprint density at radius 3 is 3.05 bits per heavy atom. The molecule has 2 unspecified atom stereocenters. The van der Waals surface area contributed by atoms with Gasteiger partial charge in [-0.25, -0.2) is 0 Å². The predicted molar refractivity (Wildman–Crippen MR) is 83.7 cm³/mol. The fraction of sp³-hybridized carbons (Fsp3) is 0.688. The fourth-order valence-electron chi connectivity index (χ4n) is 2.53. The number of hydrogen-bond donors (Lipinski definition) is 1. The lowest BCUT2D eigenvalue weighted by molar-refractivity contribution is -0.0465. The van der Waals surface area contributed by atoms with Gasteiger partial charge in [-0.05, 0) is 32.5 Å². The lowest BCUT2D eigenvalue weighted by Gasteiger charge is -2.32. The van der Waals surface area contributed by atoms with Crippen LogP contribution >= 0.6 is 0 Å². The molecule has 1 saturated heterocycles. The van der Waals surface area contributed by atoms with Gasteiger partial charge in [0.05, 0.1) is 12.3 Å². The van der Waals surface area contributed by atoms with Crippen molar-refractivity contribution in [1.29, 1.82) is 0 Å². The Kier molecular flexibility index (Phi) is 5.96. The van der Waals surface area contributed by atoms with Crippen LogP contribution in [0.25, 0.3) is 0 Å². The number of ether oxygens (including phenoxy) is 2. The average Bonchev–Trinajstić information content (AvgIpc) is 2.46. The molecule has 2 atom stereocenters. The highest BCUT2D eigenvalue weighted by molar-refractivity contribution is 5.30. The normalized spacial score (nSPS) is 21.2. The molecule has 0 aliphatic carbocycles. The number of morpholine rings is 1. The molecule has 118 valence electrons. The summed E-state index contributed by atoms with van der Waals surface area (Å²) in [6.45, 7) is 10.5. The Bertz CT molecular complexity index is 451. The van der Waals surface area contributed by atoms with Crippen LogP contribution in [0, 0.1) is 6.92 Å². The van der Waals surface area contributed by atoms with Crippen LogP contribution < -0.4 is 10.5 Å². The van der Waals surface area contributed by atoms with E-state index in [1.165, 1.54) is 0 Å². The van der Waals surface area contributed by atoms with E-state index in [1.54, 1.807) is 0 Å². The van der Waals surface area contributed by atoms with Crippen LogP contribution in [0.2, 0.25) is 0 Å². The molecule has 2 heterocycles. The summed E-state index contributed by atoms with van der Waals surface area (Å²) >= 11 is 0. The third kappa shape index (κ3) is 4.95. The SMILES string of the molecule is CCN1CCOC(COc2ccc(C)nc2CC(C)N)C1. The summed E-state index contributed by atoms with van der Waals surface area (Å²) in [6.07, 6.45) is 0.854. The van der Waals surface area contributed by atoms with Crippen LogP contribution in [0.1, 0.15) is 25.2 Å². The summed E-state index contributed by atoms with van der Waals surface area (Å²) in [7, 11) is 0. The van der Waals surface area contributed by atoms with E-state index in [-0.39, 0.29) is 12.1 Å². The third-order valence-corrected chi connectivity index (χ3v) is 3.68. The number of aromatic nitrogens is 1. The van der Waals surface area contributed by atoms with E-state index in [1.807, 2.05) is 26.0 Å². The van der Waals surface area contributed by atoms with Gasteiger partial charge in [-0.2, -0.15) is 0 Å². The molecule has 0 amide bonds. The van der Waals surface area contributed by atoms with Gasteiger partial charge in [-0.1, -0.05) is 6.92 Å². The molecule has 0 saturated carbocycles. The van der Waals surface area contributed by atoms with Crippen molar-refractivity contribution in [2.75, 3.05) is 32.8 Å². The minimum Gasteiger partial charge on any atom is -0.489 e. The number of likely N-dealkylation sites (N-methyl/N-ethyl adjacent to an activating group) is 1. The van der Waals surface area contributed by atoms with Crippen molar-refractivity contribution in [1.82, 2.24) is 9.88 Å². The Balaban J connectivity index is 1.95. The minimum atomic E-state index is 0.0724. The Morgan fingerprint density at radius 2 is 2.33 bits per heavy atom. The topological polar surface area (TPSA) is 60.6 Å². The van der Waals surface area contributed by atoms with Gasteiger partial charge in [-0.15, -0.1) is 0 Å². The molecule has 5 heteroatoms. The molecule has 0 radical (unpaired) electrons. The van der Waals surface area contributed by atoms with Crippen molar-refractivity contribution >= 4 is 0 Å². The predicted octanol–water partition coefficient (Wildman–Crippen LogP) is 1.38. The number of nitrogens with two attached hydrogens (primary N) is 1. The molecule has 1 aromatic rings. The first-order valence-corrected chi connectivity index (χ1v) is 7.77. The van der Waals surface area contributed by atoms with E-state index in [0.29, 0.717) is 6.61 Å². The maximum absolute atomic E-state index is 5.96. The van der Waals surface area contributed by atoms with Gasteiger partial charge in [0.15, 0.2) is 0 Å². The number of aryl methyl sites for hydroxylation is 1. The van der Waals surface area contributed by atoms with Gasteiger partial charge in [-0.3, -0.25) is 9.88 Å². The maximum Gasteiger partial charge on any atom is 0.141 e. The van der Waals surface area contributed by atoms with Gasteiger partial charge < -0.3 is 15.2 Å². The zero-order valence-electron chi connectivity index (χ0n) is 13.3. The van der Waals surface area contributed by atoms with E-state index in [2.05, 4.69) is 16.8 Å². The molecule has 1 fully saturated rings. The molecular weight excluding hydrogens is 266 g/mol. The molecule has 5 nitrogen and oxygen atoms in total. The summed E-state index contributed by atoms with van der Waals surface area (Å²) in [6, 6.07) is 4.03. The summed E-state index contributed by atoms with van der Waals surface area (Å²) in [5.74, 6) is 0.829. The minimum absolute atomic E-state index is 0.0724. The molecule has 21 heavy (non-hydrogen) atoms. The molecule has 0 spiro atoms. The van der Waals surface area contributed by atoms with E-state index in [9.17, 15) is 0 Å². The number of hydrogen-bond acceptors (Lipinski definition) is 5. The second kappa shape index (κ2) is 7.73. The highest BCUT2D eigenvalue weighted by Crippen LogP contribution is 2.19. The molecular formula is C16H27N3O2. The van der Waals surface area contributed by atoms with Gasteiger partial charge in [0, 0.05) is 31.2 Å². The van der Waals surface area contributed by atoms with E-state index in [4.69, 9.17) is 15.2 Å². The molecule has 1 aliphatic rings. The second-order valence-electron chi connectivity index (χ2n) is 5.78. The quantitative estimate of drug-likeness (QED) is 0.858. The highest BCUT2D eigenvalue weighted by atomic mass is 16.5. The molecule has 0 bridgehead atoms. The Morgan fingerprint density at radius 1 is 1.52 bits per heavy atom. The smallest absolute Gasteiger partial charge is 0.141 e. The van der Waals surface area contributed by atoms with Crippen molar-refractivity contribution in [2.24, 2.45) is 5.73 Å². The van der Waals surface area contributed by atoms with Crippen molar-refractivity contribution in [3.8, 4) is 5.75 Å². The van der Waals surface area contributed by atoms with Crippen LogP contribution in [-0.4, -0.2) is 54.9 Å². The Hall–Kier alpha value is -1.17. The average molecular weight is 293 g/mol. The van der Waals surface area contributed by atoms with Crippen LogP contribution in [-0.2, 0) is 11.2 Å². The van der Waals surface area contributed by atoms with E-state index >= 15 is 0 Å². The van der Waals surface area contributed by atoms with E-state index < -0.39 is 0 Å². The van der Waals surface area contributed by atoms with Gasteiger partial charge in [0.1, 0.15) is 18.5 Å². The van der Waals surface area contributed by atoms with Crippen molar-refractivity contribution in [2.45, 2.75) is 39.3 Å². The zero-order chi connectivity index (χ0) is 15.2. The lowest BCUT2D eigenvalue weighted by atomic mass is 10.1. The molecule has 0 aromatic carbocycles. The first kappa shape index (κ1) is 16.2. The molecule has 2 rings (SSSR count). The number of pyridine rings is 1. The molecule has 1 aliphatic heterocycles. The van der Waals surface area contributed by atoms with Crippen LogP contribution in [0.4, 0.5) is 0 Å². The van der Waals surface area contributed by atoms with Crippen LogP contribution in [0.5, 0.6) is 5.75 Å². The molecule has 1 aromatic heterocycles.